The highest BCUT2D eigenvalue weighted by Gasteiger charge is 2.22. The van der Waals surface area contributed by atoms with Crippen LogP contribution >= 0.6 is 27.5 Å². The Hall–Kier alpha value is -0.250. The number of benzene rings is 1. The quantitative estimate of drug-likeness (QED) is 0.897. The Bertz CT molecular complexity index is 395. The molecule has 2 rings (SSSR count). The normalized spacial score (nSPS) is 21.0. The molecule has 2 nitrogen and oxygen atoms in total. The van der Waals surface area contributed by atoms with Crippen LogP contribution in [0, 0.1) is 5.92 Å². The summed E-state index contributed by atoms with van der Waals surface area (Å²) in [6.07, 6.45) is 0. The number of hydrogen-bond donors (Lipinski definition) is 1. The average molecular weight is 318 g/mol. The Kier molecular flexibility index (Phi) is 4.34. The van der Waals surface area contributed by atoms with Crippen molar-refractivity contribution in [3.05, 3.63) is 27.7 Å². The molecule has 1 atom stereocenters. The summed E-state index contributed by atoms with van der Waals surface area (Å²) in [6, 6.07) is 6.65. The Morgan fingerprint density at radius 2 is 2.24 bits per heavy atom. The SMILES string of the molecule is CC(C)C1CN(c2ccc(Br)cc2Cl)CCN1. The topological polar surface area (TPSA) is 15.3 Å². The van der Waals surface area contributed by atoms with Crippen molar-refractivity contribution in [2.75, 3.05) is 24.5 Å². The fraction of sp³-hybridized carbons (Fsp3) is 0.538. The van der Waals surface area contributed by atoms with Crippen molar-refractivity contribution in [3.8, 4) is 0 Å². The van der Waals surface area contributed by atoms with E-state index in [9.17, 15) is 0 Å². The second kappa shape index (κ2) is 5.59. The molecule has 0 radical (unpaired) electrons. The van der Waals surface area contributed by atoms with Gasteiger partial charge < -0.3 is 10.2 Å². The molecule has 0 amide bonds. The van der Waals surface area contributed by atoms with Gasteiger partial charge in [0.1, 0.15) is 0 Å². The second-order valence-electron chi connectivity index (χ2n) is 4.85. The lowest BCUT2D eigenvalue weighted by Crippen LogP contribution is -2.53. The van der Waals surface area contributed by atoms with Gasteiger partial charge in [-0.1, -0.05) is 41.4 Å². The van der Waals surface area contributed by atoms with Crippen molar-refractivity contribution in [2.45, 2.75) is 19.9 Å². The first-order valence-corrected chi connectivity index (χ1v) is 7.18. The molecule has 1 saturated heterocycles. The summed E-state index contributed by atoms with van der Waals surface area (Å²) >= 11 is 9.74. The lowest BCUT2D eigenvalue weighted by Gasteiger charge is -2.37. The van der Waals surface area contributed by atoms with E-state index in [1.807, 2.05) is 12.1 Å². The number of anilines is 1. The molecule has 1 aliphatic heterocycles. The molecule has 17 heavy (non-hydrogen) atoms. The molecule has 0 saturated carbocycles. The smallest absolute Gasteiger partial charge is 0.0650 e. The minimum Gasteiger partial charge on any atom is -0.367 e. The zero-order valence-corrected chi connectivity index (χ0v) is 12.6. The van der Waals surface area contributed by atoms with Crippen molar-refractivity contribution in [3.63, 3.8) is 0 Å². The molecule has 94 valence electrons. The third-order valence-corrected chi connectivity index (χ3v) is 4.06. The lowest BCUT2D eigenvalue weighted by molar-refractivity contribution is 0.368. The molecule has 1 heterocycles. The maximum absolute atomic E-state index is 6.30. The van der Waals surface area contributed by atoms with Crippen LogP contribution in [0.25, 0.3) is 0 Å². The van der Waals surface area contributed by atoms with Crippen molar-refractivity contribution < 1.29 is 0 Å². The van der Waals surface area contributed by atoms with Gasteiger partial charge in [-0.05, 0) is 24.1 Å². The summed E-state index contributed by atoms with van der Waals surface area (Å²) in [5, 5.41) is 4.38. The second-order valence-corrected chi connectivity index (χ2v) is 6.17. The predicted octanol–water partition coefficient (Wildman–Crippen LogP) is 3.54. The summed E-state index contributed by atoms with van der Waals surface area (Å²) in [6.45, 7) is 7.58. The Morgan fingerprint density at radius 3 is 2.88 bits per heavy atom. The Balaban J connectivity index is 2.16. The van der Waals surface area contributed by atoms with Crippen molar-refractivity contribution in [2.24, 2.45) is 5.92 Å². The molecule has 1 fully saturated rings. The first-order chi connectivity index (χ1) is 8.08. The number of nitrogens with one attached hydrogen (secondary N) is 1. The molecule has 1 aromatic carbocycles. The summed E-state index contributed by atoms with van der Waals surface area (Å²) in [4.78, 5) is 2.37. The van der Waals surface area contributed by atoms with Gasteiger partial charge in [-0.15, -0.1) is 0 Å². The van der Waals surface area contributed by atoms with Crippen molar-refractivity contribution in [1.29, 1.82) is 0 Å². The highest BCUT2D eigenvalue weighted by atomic mass is 79.9. The van der Waals surface area contributed by atoms with E-state index in [4.69, 9.17) is 11.6 Å². The number of nitrogens with zero attached hydrogens (tertiary/aromatic N) is 1. The molecule has 1 N–H and O–H groups in total. The summed E-state index contributed by atoms with van der Waals surface area (Å²) in [5.41, 5.74) is 1.14. The predicted molar refractivity (Wildman–Crippen MR) is 78.0 cm³/mol. The molecular weight excluding hydrogens is 300 g/mol. The van der Waals surface area contributed by atoms with Crippen LogP contribution in [0.3, 0.4) is 0 Å². The van der Waals surface area contributed by atoms with Gasteiger partial charge in [0.25, 0.3) is 0 Å². The van der Waals surface area contributed by atoms with Crippen LogP contribution in [0.1, 0.15) is 13.8 Å². The minimum absolute atomic E-state index is 0.545. The first-order valence-electron chi connectivity index (χ1n) is 6.01. The van der Waals surface area contributed by atoms with Crippen molar-refractivity contribution >= 4 is 33.2 Å². The lowest BCUT2D eigenvalue weighted by atomic mass is 10.0. The van der Waals surface area contributed by atoms with Gasteiger partial charge in [0.15, 0.2) is 0 Å². The average Bonchev–Trinajstić information content (AvgIpc) is 2.29. The third-order valence-electron chi connectivity index (χ3n) is 3.26. The van der Waals surface area contributed by atoms with Gasteiger partial charge in [-0.2, -0.15) is 0 Å². The number of piperazine rings is 1. The van der Waals surface area contributed by atoms with E-state index in [-0.39, 0.29) is 0 Å². The molecule has 0 bridgehead atoms. The van der Waals surface area contributed by atoms with E-state index in [0.29, 0.717) is 12.0 Å². The molecule has 4 heteroatoms. The fourth-order valence-corrected chi connectivity index (χ4v) is 2.97. The van der Waals surface area contributed by atoms with Gasteiger partial charge in [-0.25, -0.2) is 0 Å². The van der Waals surface area contributed by atoms with Crippen LogP contribution in [0.2, 0.25) is 5.02 Å². The number of halogens is 2. The third kappa shape index (κ3) is 3.15. The molecule has 1 unspecified atom stereocenters. The maximum atomic E-state index is 6.30. The highest BCUT2D eigenvalue weighted by molar-refractivity contribution is 9.10. The van der Waals surface area contributed by atoms with E-state index >= 15 is 0 Å². The van der Waals surface area contributed by atoms with Crippen LogP contribution in [0.4, 0.5) is 5.69 Å². The van der Waals surface area contributed by atoms with E-state index in [1.54, 1.807) is 0 Å². The number of hydrogen-bond acceptors (Lipinski definition) is 2. The molecule has 1 aromatic rings. The number of rotatable bonds is 2. The minimum atomic E-state index is 0.545. The molecule has 1 aliphatic rings. The van der Waals surface area contributed by atoms with Crippen LogP contribution in [-0.4, -0.2) is 25.7 Å². The summed E-state index contributed by atoms with van der Waals surface area (Å²) < 4.78 is 1.03. The standard InChI is InChI=1S/C13H18BrClN2/c1-9(2)12-8-17(6-5-16-12)13-4-3-10(14)7-11(13)15/h3-4,7,9,12,16H,5-6,8H2,1-2H3. The van der Waals surface area contributed by atoms with Gasteiger partial charge in [0.05, 0.1) is 10.7 Å². The molecule has 0 aliphatic carbocycles. The van der Waals surface area contributed by atoms with Gasteiger partial charge in [0.2, 0.25) is 0 Å². The first kappa shape index (κ1) is 13.2. The van der Waals surface area contributed by atoms with Gasteiger partial charge in [0, 0.05) is 30.1 Å². The summed E-state index contributed by atoms with van der Waals surface area (Å²) in [7, 11) is 0. The fourth-order valence-electron chi connectivity index (χ4n) is 2.18. The van der Waals surface area contributed by atoms with E-state index in [0.717, 1.165) is 34.8 Å². The van der Waals surface area contributed by atoms with E-state index in [1.165, 1.54) is 0 Å². The monoisotopic (exact) mass is 316 g/mol. The molecule has 0 aromatic heterocycles. The van der Waals surface area contributed by atoms with Crippen LogP contribution in [0.15, 0.2) is 22.7 Å². The zero-order chi connectivity index (χ0) is 12.4. The van der Waals surface area contributed by atoms with Crippen LogP contribution in [0.5, 0.6) is 0 Å². The van der Waals surface area contributed by atoms with Crippen LogP contribution in [-0.2, 0) is 0 Å². The Labute approximate surface area is 116 Å². The van der Waals surface area contributed by atoms with Crippen LogP contribution < -0.4 is 10.2 Å². The van der Waals surface area contributed by atoms with E-state index in [2.05, 4.69) is 46.1 Å². The summed E-state index contributed by atoms with van der Waals surface area (Å²) in [5.74, 6) is 0.645. The van der Waals surface area contributed by atoms with Gasteiger partial charge >= 0.3 is 0 Å². The molecular formula is C13H18BrClN2. The zero-order valence-electron chi connectivity index (χ0n) is 10.2. The largest absolute Gasteiger partial charge is 0.367 e. The van der Waals surface area contributed by atoms with Crippen molar-refractivity contribution in [1.82, 2.24) is 5.32 Å². The maximum Gasteiger partial charge on any atom is 0.0650 e. The van der Waals surface area contributed by atoms with Gasteiger partial charge in [-0.3, -0.25) is 0 Å². The Morgan fingerprint density at radius 1 is 1.47 bits per heavy atom. The highest BCUT2D eigenvalue weighted by Crippen LogP contribution is 2.30. The van der Waals surface area contributed by atoms with E-state index < -0.39 is 0 Å². The molecule has 0 spiro atoms.